The molecular weight excluding hydrogens is 357 g/mol. The Morgan fingerprint density at radius 1 is 1.00 bits per heavy atom. The van der Waals surface area contributed by atoms with Crippen LogP contribution in [0.4, 0.5) is 24.9 Å². The van der Waals surface area contributed by atoms with Crippen molar-refractivity contribution in [3.05, 3.63) is 35.5 Å². The number of hydrogen-bond donors (Lipinski definition) is 0. The Labute approximate surface area is 155 Å². The summed E-state index contributed by atoms with van der Waals surface area (Å²) in [6.45, 7) is 4.45. The van der Waals surface area contributed by atoms with Gasteiger partial charge in [-0.2, -0.15) is 13.2 Å². The quantitative estimate of drug-likeness (QED) is 0.815. The van der Waals surface area contributed by atoms with Crippen LogP contribution in [0.15, 0.2) is 18.5 Å². The maximum atomic E-state index is 13.2. The molecule has 6 nitrogen and oxygen atoms in total. The summed E-state index contributed by atoms with van der Waals surface area (Å²) in [5.41, 5.74) is 0.223. The second-order valence-electron chi connectivity index (χ2n) is 6.96. The van der Waals surface area contributed by atoms with Crippen molar-refractivity contribution in [3.63, 3.8) is 0 Å². The zero-order chi connectivity index (χ0) is 19.0. The predicted molar refractivity (Wildman–Crippen MR) is 94.8 cm³/mol. The average Bonchev–Trinajstić information content (AvgIpc) is 3.52. The molecule has 0 spiro atoms. The van der Waals surface area contributed by atoms with Gasteiger partial charge in [-0.15, -0.1) is 0 Å². The van der Waals surface area contributed by atoms with Crippen LogP contribution < -0.4 is 9.80 Å². The summed E-state index contributed by atoms with van der Waals surface area (Å²) < 4.78 is 39.6. The Balaban J connectivity index is 1.49. The third-order valence-corrected chi connectivity index (χ3v) is 4.95. The van der Waals surface area contributed by atoms with E-state index >= 15 is 0 Å². The van der Waals surface area contributed by atoms with Crippen molar-refractivity contribution in [2.24, 2.45) is 0 Å². The highest BCUT2D eigenvalue weighted by Gasteiger charge is 2.37. The van der Waals surface area contributed by atoms with Crippen molar-refractivity contribution < 1.29 is 13.2 Å². The molecule has 0 unspecified atom stereocenters. The van der Waals surface area contributed by atoms with Gasteiger partial charge in [0.05, 0.1) is 0 Å². The van der Waals surface area contributed by atoms with Crippen LogP contribution in [0.2, 0.25) is 0 Å². The van der Waals surface area contributed by atoms with Gasteiger partial charge in [0, 0.05) is 50.6 Å². The first-order chi connectivity index (χ1) is 12.9. The topological polar surface area (TPSA) is 58.0 Å². The lowest BCUT2D eigenvalue weighted by molar-refractivity contribution is -0.141. The van der Waals surface area contributed by atoms with Gasteiger partial charge in [-0.1, -0.05) is 6.92 Å². The number of aryl methyl sites for hydroxylation is 1. The second kappa shape index (κ2) is 6.94. The normalized spacial score (nSPS) is 18.1. The summed E-state index contributed by atoms with van der Waals surface area (Å²) in [5, 5.41) is 0. The molecule has 27 heavy (non-hydrogen) atoms. The van der Waals surface area contributed by atoms with Gasteiger partial charge in [-0.25, -0.2) is 19.9 Å². The van der Waals surface area contributed by atoms with Crippen molar-refractivity contribution >= 4 is 11.8 Å². The first-order valence-corrected chi connectivity index (χ1v) is 9.21. The SMILES string of the molecule is CCc1cnc(N2CCN(c3cc(C(F)(F)F)nc(C4CC4)n3)CC2)nc1. The predicted octanol–water partition coefficient (Wildman–Crippen LogP) is 3.05. The zero-order valence-electron chi connectivity index (χ0n) is 15.1. The van der Waals surface area contributed by atoms with Crippen LogP contribution in [0.3, 0.4) is 0 Å². The fourth-order valence-corrected chi connectivity index (χ4v) is 3.11. The van der Waals surface area contributed by atoms with Crippen LogP contribution in [-0.4, -0.2) is 46.1 Å². The molecule has 1 aliphatic heterocycles. The number of halogens is 3. The lowest BCUT2D eigenvalue weighted by Gasteiger charge is -2.35. The molecule has 1 aliphatic carbocycles. The van der Waals surface area contributed by atoms with Gasteiger partial charge >= 0.3 is 6.18 Å². The minimum Gasteiger partial charge on any atom is -0.353 e. The van der Waals surface area contributed by atoms with Crippen LogP contribution in [-0.2, 0) is 12.6 Å². The minimum absolute atomic E-state index is 0.0674. The van der Waals surface area contributed by atoms with Crippen molar-refractivity contribution in [1.82, 2.24) is 19.9 Å². The standard InChI is InChI=1S/C18H21F3N6/c1-2-12-10-22-17(23-11-12)27-7-5-26(6-8-27)15-9-14(18(19,20)21)24-16(25-15)13-3-4-13/h9-11,13H,2-8H2,1H3. The molecule has 3 heterocycles. The zero-order valence-corrected chi connectivity index (χ0v) is 15.1. The highest BCUT2D eigenvalue weighted by molar-refractivity contribution is 5.44. The van der Waals surface area contributed by atoms with Gasteiger partial charge in [-0.05, 0) is 24.8 Å². The molecule has 2 aliphatic rings. The van der Waals surface area contributed by atoms with E-state index in [-0.39, 0.29) is 5.92 Å². The van der Waals surface area contributed by atoms with Gasteiger partial charge < -0.3 is 9.80 Å². The molecule has 4 rings (SSSR count). The first kappa shape index (κ1) is 17.9. The summed E-state index contributed by atoms with van der Waals surface area (Å²) in [4.78, 5) is 20.9. The van der Waals surface area contributed by atoms with Crippen LogP contribution in [0.5, 0.6) is 0 Å². The third-order valence-electron chi connectivity index (χ3n) is 4.95. The van der Waals surface area contributed by atoms with Crippen molar-refractivity contribution in [2.75, 3.05) is 36.0 Å². The Bertz CT molecular complexity index is 796. The summed E-state index contributed by atoms with van der Waals surface area (Å²) >= 11 is 0. The number of rotatable bonds is 4. The highest BCUT2D eigenvalue weighted by atomic mass is 19.4. The van der Waals surface area contributed by atoms with Gasteiger partial charge in [0.1, 0.15) is 17.3 Å². The maximum Gasteiger partial charge on any atom is 0.433 e. The molecule has 144 valence electrons. The van der Waals surface area contributed by atoms with E-state index in [1.807, 2.05) is 29.1 Å². The fraction of sp³-hybridized carbons (Fsp3) is 0.556. The van der Waals surface area contributed by atoms with Crippen molar-refractivity contribution in [1.29, 1.82) is 0 Å². The lowest BCUT2D eigenvalue weighted by Crippen LogP contribution is -2.47. The largest absolute Gasteiger partial charge is 0.433 e. The molecule has 0 radical (unpaired) electrons. The Hall–Kier alpha value is -2.45. The van der Waals surface area contributed by atoms with Crippen LogP contribution >= 0.6 is 0 Å². The van der Waals surface area contributed by atoms with E-state index < -0.39 is 11.9 Å². The molecule has 0 aromatic carbocycles. The average molecular weight is 378 g/mol. The number of alkyl halides is 3. The van der Waals surface area contributed by atoms with E-state index in [9.17, 15) is 13.2 Å². The fourth-order valence-electron chi connectivity index (χ4n) is 3.11. The van der Waals surface area contributed by atoms with Crippen LogP contribution in [0, 0.1) is 0 Å². The van der Waals surface area contributed by atoms with Crippen molar-refractivity contribution in [2.45, 2.75) is 38.3 Å². The summed E-state index contributed by atoms with van der Waals surface area (Å²) in [6.07, 6.45) is 1.77. The third kappa shape index (κ3) is 3.96. The number of anilines is 2. The van der Waals surface area contributed by atoms with Crippen LogP contribution in [0.1, 0.15) is 42.8 Å². The minimum atomic E-state index is -4.46. The van der Waals surface area contributed by atoms with Gasteiger partial charge in [0.2, 0.25) is 5.95 Å². The molecule has 2 aromatic heterocycles. The lowest BCUT2D eigenvalue weighted by atomic mass is 10.2. The first-order valence-electron chi connectivity index (χ1n) is 9.21. The second-order valence-corrected chi connectivity index (χ2v) is 6.96. The van der Waals surface area contributed by atoms with E-state index in [4.69, 9.17) is 0 Å². The Kier molecular flexibility index (Phi) is 4.61. The van der Waals surface area contributed by atoms with Gasteiger partial charge in [-0.3, -0.25) is 0 Å². The molecule has 0 bridgehead atoms. The van der Waals surface area contributed by atoms with E-state index in [1.54, 1.807) is 0 Å². The molecule has 0 atom stereocenters. The Morgan fingerprint density at radius 3 is 2.19 bits per heavy atom. The van der Waals surface area contributed by atoms with Crippen LogP contribution in [0.25, 0.3) is 0 Å². The van der Waals surface area contributed by atoms with E-state index in [0.717, 1.165) is 30.9 Å². The van der Waals surface area contributed by atoms with E-state index in [1.165, 1.54) is 0 Å². The Morgan fingerprint density at radius 2 is 1.63 bits per heavy atom. The molecule has 1 saturated heterocycles. The molecule has 0 N–H and O–H groups in total. The molecule has 9 heteroatoms. The maximum absolute atomic E-state index is 13.2. The number of piperazine rings is 1. The highest BCUT2D eigenvalue weighted by Crippen LogP contribution is 2.40. The summed E-state index contributed by atoms with van der Waals surface area (Å²) in [7, 11) is 0. The monoisotopic (exact) mass is 378 g/mol. The summed E-state index contributed by atoms with van der Waals surface area (Å²) in [5.74, 6) is 1.41. The smallest absolute Gasteiger partial charge is 0.353 e. The molecule has 2 fully saturated rings. The van der Waals surface area contributed by atoms with Gasteiger partial charge in [0.15, 0.2) is 0 Å². The molecule has 2 aromatic rings. The molecular formula is C18H21F3N6. The van der Waals surface area contributed by atoms with E-state index in [2.05, 4.69) is 19.9 Å². The number of hydrogen-bond acceptors (Lipinski definition) is 6. The summed E-state index contributed by atoms with van der Waals surface area (Å²) in [6, 6.07) is 1.06. The van der Waals surface area contributed by atoms with Gasteiger partial charge in [0.25, 0.3) is 0 Å². The van der Waals surface area contributed by atoms with E-state index in [0.29, 0.717) is 43.8 Å². The molecule has 1 saturated carbocycles. The molecule has 0 amide bonds. The number of nitrogens with zero attached hydrogens (tertiary/aromatic N) is 6. The number of aromatic nitrogens is 4. The van der Waals surface area contributed by atoms with Crippen molar-refractivity contribution in [3.8, 4) is 0 Å².